The summed E-state index contributed by atoms with van der Waals surface area (Å²) in [6, 6.07) is 16.7. The SMILES string of the molecule is Cc1ccc(-n2c(SCC3(CO)COC3)nc3ccccc32)cc1. The third kappa shape index (κ3) is 2.73. The number of ether oxygens (including phenoxy) is 1. The highest BCUT2D eigenvalue weighted by atomic mass is 32.2. The Kier molecular flexibility index (Phi) is 4.08. The number of thioether (sulfide) groups is 1. The van der Waals surface area contributed by atoms with Gasteiger partial charge in [0.05, 0.1) is 30.9 Å². The number of hydrogen-bond donors (Lipinski definition) is 1. The van der Waals surface area contributed by atoms with Crippen molar-refractivity contribution >= 4 is 22.8 Å². The minimum Gasteiger partial charge on any atom is -0.396 e. The van der Waals surface area contributed by atoms with E-state index >= 15 is 0 Å². The van der Waals surface area contributed by atoms with E-state index in [1.54, 1.807) is 11.8 Å². The number of para-hydroxylation sites is 2. The second kappa shape index (κ2) is 6.24. The van der Waals surface area contributed by atoms with Crippen molar-refractivity contribution in [2.75, 3.05) is 25.6 Å². The summed E-state index contributed by atoms with van der Waals surface area (Å²) < 4.78 is 7.50. The molecule has 4 rings (SSSR count). The van der Waals surface area contributed by atoms with E-state index in [1.165, 1.54) is 5.56 Å². The number of aromatic nitrogens is 2. The van der Waals surface area contributed by atoms with Gasteiger partial charge in [0.2, 0.25) is 0 Å². The predicted molar refractivity (Wildman–Crippen MR) is 96.9 cm³/mol. The lowest BCUT2D eigenvalue weighted by atomic mass is 9.90. The Morgan fingerprint density at radius 1 is 1.17 bits per heavy atom. The highest BCUT2D eigenvalue weighted by Crippen LogP contribution is 2.36. The van der Waals surface area contributed by atoms with Gasteiger partial charge in [-0.15, -0.1) is 0 Å². The molecule has 4 nitrogen and oxygen atoms in total. The predicted octanol–water partition coefficient (Wildman–Crippen LogP) is 3.43. The minimum absolute atomic E-state index is 0.124. The smallest absolute Gasteiger partial charge is 0.173 e. The van der Waals surface area contributed by atoms with E-state index in [4.69, 9.17) is 9.72 Å². The van der Waals surface area contributed by atoms with Gasteiger partial charge in [-0.1, -0.05) is 41.6 Å². The van der Waals surface area contributed by atoms with Gasteiger partial charge in [0.15, 0.2) is 5.16 Å². The van der Waals surface area contributed by atoms with Crippen LogP contribution in [0.15, 0.2) is 53.7 Å². The average Bonchev–Trinajstić information content (AvgIpc) is 2.93. The van der Waals surface area contributed by atoms with E-state index in [0.29, 0.717) is 13.2 Å². The number of rotatable bonds is 5. The fourth-order valence-electron chi connectivity index (χ4n) is 2.87. The Labute approximate surface area is 145 Å². The molecule has 124 valence electrons. The molecule has 2 aromatic carbocycles. The Balaban J connectivity index is 1.74. The fourth-order valence-corrected chi connectivity index (χ4v) is 4.06. The molecule has 3 aromatic rings. The van der Waals surface area contributed by atoms with Gasteiger partial charge in [-0.05, 0) is 31.2 Å². The maximum Gasteiger partial charge on any atom is 0.173 e. The first-order valence-corrected chi connectivity index (χ1v) is 9.05. The van der Waals surface area contributed by atoms with E-state index in [1.807, 2.05) is 18.2 Å². The monoisotopic (exact) mass is 340 g/mol. The van der Waals surface area contributed by atoms with Crippen molar-refractivity contribution in [3.8, 4) is 5.69 Å². The number of nitrogens with zero attached hydrogens (tertiary/aromatic N) is 2. The molecule has 0 unspecified atom stereocenters. The van der Waals surface area contributed by atoms with Gasteiger partial charge in [0.25, 0.3) is 0 Å². The number of imidazole rings is 1. The maximum absolute atomic E-state index is 9.65. The molecular weight excluding hydrogens is 320 g/mol. The molecule has 1 aliphatic heterocycles. The normalized spacial score (nSPS) is 16.2. The molecule has 0 saturated carbocycles. The van der Waals surface area contributed by atoms with Crippen LogP contribution in [0, 0.1) is 12.3 Å². The van der Waals surface area contributed by atoms with Crippen LogP contribution in [0.3, 0.4) is 0 Å². The average molecular weight is 340 g/mol. The zero-order valence-electron chi connectivity index (χ0n) is 13.6. The molecule has 0 atom stereocenters. The van der Waals surface area contributed by atoms with E-state index in [2.05, 4.69) is 41.8 Å². The van der Waals surface area contributed by atoms with Crippen LogP contribution in [-0.4, -0.2) is 40.2 Å². The molecular formula is C19H20N2O2S. The number of aryl methyl sites for hydroxylation is 1. The quantitative estimate of drug-likeness (QED) is 0.723. The molecule has 5 heteroatoms. The Bertz CT molecular complexity index is 848. The van der Waals surface area contributed by atoms with Gasteiger partial charge >= 0.3 is 0 Å². The summed E-state index contributed by atoms with van der Waals surface area (Å²) in [4.78, 5) is 4.81. The Morgan fingerprint density at radius 3 is 2.58 bits per heavy atom. The van der Waals surface area contributed by atoms with Gasteiger partial charge in [-0.2, -0.15) is 0 Å². The van der Waals surface area contributed by atoms with Crippen molar-refractivity contribution in [1.29, 1.82) is 0 Å². The molecule has 0 amide bonds. The second-order valence-corrected chi connectivity index (χ2v) is 7.44. The first kappa shape index (κ1) is 15.7. The van der Waals surface area contributed by atoms with Gasteiger partial charge in [-0.3, -0.25) is 4.57 Å². The van der Waals surface area contributed by atoms with Crippen LogP contribution in [0.5, 0.6) is 0 Å². The molecule has 0 aliphatic carbocycles. The van der Waals surface area contributed by atoms with Gasteiger partial charge in [0, 0.05) is 16.9 Å². The third-order valence-corrected chi connectivity index (χ3v) is 5.77. The van der Waals surface area contributed by atoms with Crippen LogP contribution in [0.2, 0.25) is 0 Å². The van der Waals surface area contributed by atoms with E-state index in [-0.39, 0.29) is 12.0 Å². The van der Waals surface area contributed by atoms with Crippen LogP contribution in [-0.2, 0) is 4.74 Å². The van der Waals surface area contributed by atoms with Gasteiger partial charge < -0.3 is 9.84 Å². The van der Waals surface area contributed by atoms with Crippen molar-refractivity contribution in [3.63, 3.8) is 0 Å². The number of fused-ring (bicyclic) bond motifs is 1. The van der Waals surface area contributed by atoms with Crippen LogP contribution in [0.4, 0.5) is 0 Å². The summed E-state index contributed by atoms with van der Waals surface area (Å²) in [7, 11) is 0. The van der Waals surface area contributed by atoms with Crippen molar-refractivity contribution in [1.82, 2.24) is 9.55 Å². The number of benzene rings is 2. The first-order chi connectivity index (χ1) is 11.7. The molecule has 24 heavy (non-hydrogen) atoms. The van der Waals surface area contributed by atoms with Crippen LogP contribution < -0.4 is 0 Å². The van der Waals surface area contributed by atoms with Gasteiger partial charge in [0.1, 0.15) is 0 Å². The van der Waals surface area contributed by atoms with E-state index in [9.17, 15) is 5.11 Å². The fraction of sp³-hybridized carbons (Fsp3) is 0.316. The molecule has 1 fully saturated rings. The summed E-state index contributed by atoms with van der Waals surface area (Å²) in [5, 5.41) is 10.6. The lowest BCUT2D eigenvalue weighted by Gasteiger charge is -2.39. The molecule has 1 aromatic heterocycles. The molecule has 0 bridgehead atoms. The highest BCUT2D eigenvalue weighted by Gasteiger charge is 2.38. The molecule has 0 radical (unpaired) electrons. The molecule has 1 aliphatic rings. The Hall–Kier alpha value is -1.82. The minimum atomic E-state index is -0.124. The van der Waals surface area contributed by atoms with Crippen LogP contribution in [0.25, 0.3) is 16.7 Å². The lowest BCUT2D eigenvalue weighted by molar-refractivity contribution is -0.121. The zero-order chi connectivity index (χ0) is 16.6. The van der Waals surface area contributed by atoms with E-state index < -0.39 is 0 Å². The third-order valence-electron chi connectivity index (χ3n) is 4.48. The highest BCUT2D eigenvalue weighted by molar-refractivity contribution is 7.99. The largest absolute Gasteiger partial charge is 0.396 e. The van der Waals surface area contributed by atoms with E-state index in [0.717, 1.165) is 27.6 Å². The standard InChI is InChI=1S/C19H20N2O2S/c1-14-6-8-15(9-7-14)21-17-5-3-2-4-16(17)20-18(21)24-13-19(10-22)11-23-12-19/h2-9,22H,10-13H2,1H3. The summed E-state index contributed by atoms with van der Waals surface area (Å²) in [6.45, 7) is 3.50. The van der Waals surface area contributed by atoms with Crippen molar-refractivity contribution < 1.29 is 9.84 Å². The summed E-state index contributed by atoms with van der Waals surface area (Å²) in [6.07, 6.45) is 0. The second-order valence-electron chi connectivity index (χ2n) is 6.49. The molecule has 2 heterocycles. The summed E-state index contributed by atoms with van der Waals surface area (Å²) in [5.41, 5.74) is 4.32. The maximum atomic E-state index is 9.65. The topological polar surface area (TPSA) is 47.3 Å². The molecule has 1 saturated heterocycles. The van der Waals surface area contributed by atoms with Crippen LogP contribution >= 0.6 is 11.8 Å². The Morgan fingerprint density at radius 2 is 1.92 bits per heavy atom. The summed E-state index contributed by atoms with van der Waals surface area (Å²) in [5.74, 6) is 0.804. The van der Waals surface area contributed by atoms with Crippen molar-refractivity contribution in [3.05, 3.63) is 54.1 Å². The number of aliphatic hydroxyl groups is 1. The zero-order valence-corrected chi connectivity index (χ0v) is 14.4. The first-order valence-electron chi connectivity index (χ1n) is 8.07. The summed E-state index contributed by atoms with van der Waals surface area (Å²) >= 11 is 1.69. The number of hydrogen-bond acceptors (Lipinski definition) is 4. The lowest BCUT2D eigenvalue weighted by Crippen LogP contribution is -2.47. The van der Waals surface area contributed by atoms with Crippen molar-refractivity contribution in [2.45, 2.75) is 12.1 Å². The molecule has 1 N–H and O–H groups in total. The molecule has 0 spiro atoms. The number of aliphatic hydroxyl groups excluding tert-OH is 1. The van der Waals surface area contributed by atoms with Gasteiger partial charge in [-0.25, -0.2) is 4.98 Å². The van der Waals surface area contributed by atoms with Crippen LogP contribution in [0.1, 0.15) is 5.56 Å². The van der Waals surface area contributed by atoms with Crippen molar-refractivity contribution in [2.24, 2.45) is 5.41 Å².